The van der Waals surface area contributed by atoms with E-state index in [9.17, 15) is 15.8 Å². The molecular formula is C46H29N5. The number of fused-ring (bicyclic) bond motifs is 4. The highest BCUT2D eigenvalue weighted by Crippen LogP contribution is 2.38. The second-order valence-electron chi connectivity index (χ2n) is 12.4. The van der Waals surface area contributed by atoms with E-state index < -0.39 is 0 Å². The van der Waals surface area contributed by atoms with E-state index in [1.54, 1.807) is 12.1 Å². The van der Waals surface area contributed by atoms with Gasteiger partial charge in [-0.05, 0) is 84.3 Å². The predicted molar refractivity (Wildman–Crippen MR) is 207 cm³/mol. The Balaban J connectivity index is 1.22. The summed E-state index contributed by atoms with van der Waals surface area (Å²) in [5.41, 5.74) is 12.4. The second kappa shape index (κ2) is 12.6. The maximum absolute atomic E-state index is 10.4. The van der Waals surface area contributed by atoms with Crippen LogP contribution in [0.1, 0.15) is 27.9 Å². The van der Waals surface area contributed by atoms with E-state index in [1.165, 1.54) is 10.8 Å². The Morgan fingerprint density at radius 1 is 0.549 bits per heavy atom. The summed E-state index contributed by atoms with van der Waals surface area (Å²) in [7, 11) is 0. The summed E-state index contributed by atoms with van der Waals surface area (Å²) >= 11 is 0. The zero-order chi connectivity index (χ0) is 35.1. The molecule has 0 amide bonds. The molecule has 0 aliphatic rings. The lowest BCUT2D eigenvalue weighted by Crippen LogP contribution is -2.00. The van der Waals surface area contributed by atoms with Crippen molar-refractivity contribution in [3.05, 3.63) is 174 Å². The van der Waals surface area contributed by atoms with Gasteiger partial charge in [-0.3, -0.25) is 0 Å². The largest absolute Gasteiger partial charge is 0.312 e. The monoisotopic (exact) mass is 651 g/mol. The number of rotatable bonds is 6. The summed E-state index contributed by atoms with van der Waals surface area (Å²) in [5.74, 6) is 0. The van der Waals surface area contributed by atoms with Gasteiger partial charge in [0.1, 0.15) is 6.07 Å². The summed E-state index contributed by atoms with van der Waals surface area (Å²) in [6.45, 7) is 5.84. The normalized spacial score (nSPS) is 11.2. The van der Waals surface area contributed by atoms with E-state index >= 15 is 0 Å². The van der Waals surface area contributed by atoms with E-state index in [1.807, 2.05) is 67.6 Å². The Morgan fingerprint density at radius 2 is 1.14 bits per heavy atom. The van der Waals surface area contributed by atoms with E-state index in [4.69, 9.17) is 0 Å². The van der Waals surface area contributed by atoms with Crippen molar-refractivity contribution in [1.29, 1.82) is 15.8 Å². The van der Waals surface area contributed by atoms with Crippen LogP contribution in [-0.4, -0.2) is 9.13 Å². The van der Waals surface area contributed by atoms with Crippen molar-refractivity contribution in [2.75, 3.05) is 0 Å². The molecule has 0 fully saturated rings. The molecule has 0 unspecified atom stereocenters. The Morgan fingerprint density at radius 3 is 1.80 bits per heavy atom. The minimum atomic E-state index is 0.538. The Kier molecular flexibility index (Phi) is 7.62. The third-order valence-electron chi connectivity index (χ3n) is 9.61. The molecule has 0 aliphatic heterocycles. The highest BCUT2D eigenvalue weighted by molar-refractivity contribution is 6.09. The number of para-hydroxylation sites is 2. The standard InChI is InChI=1S/C46H29N5/c1-3-4-9-37-30(2)50(46-22-15-32(28-48)25-41(37)46)42-23-20-35(26-36(42)29-49)33-16-18-34(19-17-33)40-24-31(27-47)14-21-45(40)51-43-12-7-5-10-38(43)39-11-6-8-13-44(39)51/h3-26H,1H2,2H3/b9-4-. The fourth-order valence-corrected chi connectivity index (χ4v) is 7.25. The van der Waals surface area contributed by atoms with Crippen LogP contribution in [0.3, 0.4) is 0 Å². The molecule has 0 spiro atoms. The first kappa shape index (κ1) is 30.9. The van der Waals surface area contributed by atoms with E-state index in [0.717, 1.165) is 66.8 Å². The van der Waals surface area contributed by atoms with E-state index in [0.29, 0.717) is 16.7 Å². The fourth-order valence-electron chi connectivity index (χ4n) is 7.25. The maximum atomic E-state index is 10.4. The molecule has 0 bridgehead atoms. The average Bonchev–Trinajstić information content (AvgIpc) is 3.66. The first-order valence-corrected chi connectivity index (χ1v) is 16.6. The van der Waals surface area contributed by atoms with Crippen molar-refractivity contribution in [1.82, 2.24) is 9.13 Å². The first-order chi connectivity index (χ1) is 25.0. The molecule has 0 N–H and O–H groups in total. The van der Waals surface area contributed by atoms with Gasteiger partial charge in [-0.1, -0.05) is 91.5 Å². The van der Waals surface area contributed by atoms with Gasteiger partial charge in [-0.2, -0.15) is 15.8 Å². The third kappa shape index (κ3) is 5.08. The molecule has 5 nitrogen and oxygen atoms in total. The molecule has 51 heavy (non-hydrogen) atoms. The molecule has 2 aromatic heterocycles. The Labute approximate surface area is 295 Å². The number of hydrogen-bond acceptors (Lipinski definition) is 3. The van der Waals surface area contributed by atoms with Crippen LogP contribution in [0.4, 0.5) is 0 Å². The van der Waals surface area contributed by atoms with Gasteiger partial charge in [0.15, 0.2) is 0 Å². The highest BCUT2D eigenvalue weighted by atomic mass is 15.0. The van der Waals surface area contributed by atoms with Gasteiger partial charge in [0, 0.05) is 33.0 Å². The number of aromatic nitrogens is 2. The molecule has 0 radical (unpaired) electrons. The molecule has 8 aromatic rings. The van der Waals surface area contributed by atoms with Crippen LogP contribution in [0.15, 0.2) is 146 Å². The van der Waals surface area contributed by atoms with Crippen molar-refractivity contribution in [3.8, 4) is 51.8 Å². The quantitative estimate of drug-likeness (QED) is 0.168. The summed E-state index contributed by atoms with van der Waals surface area (Å²) in [4.78, 5) is 0. The number of nitrogens with zero attached hydrogens (tertiary/aromatic N) is 5. The Bertz CT molecular complexity index is 2810. The van der Waals surface area contributed by atoms with Crippen molar-refractivity contribution in [3.63, 3.8) is 0 Å². The maximum Gasteiger partial charge on any atom is 0.101 e. The summed E-state index contributed by atoms with van der Waals surface area (Å²) in [5, 5.41) is 33.1. The van der Waals surface area contributed by atoms with Crippen LogP contribution in [0, 0.1) is 40.9 Å². The predicted octanol–water partition coefficient (Wildman–Crippen LogP) is 11.2. The topological polar surface area (TPSA) is 81.2 Å². The summed E-state index contributed by atoms with van der Waals surface area (Å²) in [6.07, 6.45) is 5.60. The molecule has 238 valence electrons. The lowest BCUT2D eigenvalue weighted by atomic mass is 9.96. The molecule has 5 heteroatoms. The SMILES string of the molecule is C=C/C=C\c1c(C)n(-c2ccc(-c3ccc(-c4cc(C#N)ccc4-n4c5ccccc5c5ccccc54)cc3)cc2C#N)c2ccc(C#N)cc12. The van der Waals surface area contributed by atoms with Crippen molar-refractivity contribution in [2.24, 2.45) is 0 Å². The van der Waals surface area contributed by atoms with Crippen LogP contribution in [-0.2, 0) is 0 Å². The fraction of sp³-hybridized carbons (Fsp3) is 0.0217. The smallest absolute Gasteiger partial charge is 0.101 e. The Hall–Kier alpha value is -7.39. The van der Waals surface area contributed by atoms with Crippen LogP contribution < -0.4 is 0 Å². The van der Waals surface area contributed by atoms with Gasteiger partial charge in [-0.25, -0.2) is 0 Å². The molecule has 2 heterocycles. The van der Waals surface area contributed by atoms with Crippen molar-refractivity contribution >= 4 is 38.8 Å². The number of benzene rings is 6. The molecule has 0 saturated heterocycles. The minimum Gasteiger partial charge on any atom is -0.312 e. The zero-order valence-corrected chi connectivity index (χ0v) is 27.8. The molecular weight excluding hydrogens is 623 g/mol. The highest BCUT2D eigenvalue weighted by Gasteiger charge is 2.19. The van der Waals surface area contributed by atoms with Gasteiger partial charge in [0.05, 0.1) is 56.8 Å². The third-order valence-corrected chi connectivity index (χ3v) is 9.61. The zero-order valence-electron chi connectivity index (χ0n) is 27.8. The minimum absolute atomic E-state index is 0.538. The van der Waals surface area contributed by atoms with Crippen molar-refractivity contribution < 1.29 is 0 Å². The van der Waals surface area contributed by atoms with Crippen molar-refractivity contribution in [2.45, 2.75) is 6.92 Å². The van der Waals surface area contributed by atoms with Crippen LogP contribution in [0.2, 0.25) is 0 Å². The second-order valence-corrected chi connectivity index (χ2v) is 12.4. The van der Waals surface area contributed by atoms with Gasteiger partial charge >= 0.3 is 0 Å². The first-order valence-electron chi connectivity index (χ1n) is 16.6. The van der Waals surface area contributed by atoms with Gasteiger partial charge in [0.2, 0.25) is 0 Å². The molecule has 0 saturated carbocycles. The molecule has 6 aromatic carbocycles. The van der Waals surface area contributed by atoms with Gasteiger partial charge in [0.25, 0.3) is 0 Å². The van der Waals surface area contributed by atoms with E-state index in [-0.39, 0.29) is 0 Å². The van der Waals surface area contributed by atoms with Crippen LogP contribution in [0.5, 0.6) is 0 Å². The number of allylic oxidation sites excluding steroid dienone is 2. The van der Waals surface area contributed by atoms with E-state index in [2.05, 4.69) is 107 Å². The lowest BCUT2D eigenvalue weighted by Gasteiger charge is -2.15. The van der Waals surface area contributed by atoms with Crippen LogP contribution >= 0.6 is 0 Å². The summed E-state index contributed by atoms with van der Waals surface area (Å²) < 4.78 is 4.36. The van der Waals surface area contributed by atoms with Gasteiger partial charge in [-0.15, -0.1) is 0 Å². The summed E-state index contributed by atoms with van der Waals surface area (Å²) in [6, 6.07) is 49.6. The average molecular weight is 652 g/mol. The molecule has 8 rings (SSSR count). The van der Waals surface area contributed by atoms with Gasteiger partial charge < -0.3 is 9.13 Å². The lowest BCUT2D eigenvalue weighted by molar-refractivity contribution is 1.04. The molecule has 0 aliphatic carbocycles. The number of nitriles is 3. The molecule has 0 atom stereocenters. The van der Waals surface area contributed by atoms with Crippen LogP contribution in [0.25, 0.3) is 72.4 Å². The number of hydrogen-bond donors (Lipinski definition) is 0.